The summed E-state index contributed by atoms with van der Waals surface area (Å²) in [5.41, 5.74) is 8.06. The van der Waals surface area contributed by atoms with Gasteiger partial charge in [0.05, 0.1) is 0 Å². The lowest BCUT2D eigenvalue weighted by atomic mass is 9.95. The zero-order valence-corrected chi connectivity index (χ0v) is 15.7. The molecule has 0 amide bonds. The van der Waals surface area contributed by atoms with E-state index in [0.717, 1.165) is 22.3 Å². The number of rotatable bonds is 3. The first-order valence-corrected chi connectivity index (χ1v) is 9.53. The Kier molecular flexibility index (Phi) is 4.06. The molecule has 0 radical (unpaired) electrons. The maximum absolute atomic E-state index is 6.15. The number of furan rings is 1. The lowest BCUT2D eigenvalue weighted by molar-refractivity contribution is 0.631. The van der Waals surface area contributed by atoms with Crippen molar-refractivity contribution in [2.24, 2.45) is 0 Å². The molecule has 1 aromatic heterocycles. The second-order valence-corrected chi connectivity index (χ2v) is 7.18. The van der Waals surface area contributed by atoms with Crippen LogP contribution in [0.1, 0.15) is 5.56 Å². The Balaban J connectivity index is 1.71. The number of fused-ring (bicyclic) bond motifs is 1. The van der Waals surface area contributed by atoms with Gasteiger partial charge in [0, 0.05) is 10.9 Å². The third-order valence-corrected chi connectivity index (χ3v) is 5.14. The average molecular weight is 360 g/mol. The highest BCUT2D eigenvalue weighted by Crippen LogP contribution is 2.35. The van der Waals surface area contributed by atoms with Crippen molar-refractivity contribution in [3.05, 3.63) is 109 Å². The first kappa shape index (κ1) is 16.6. The molecule has 0 N–H and O–H groups in total. The Hall–Kier alpha value is -3.58. The van der Waals surface area contributed by atoms with Crippen LogP contribution in [-0.4, -0.2) is 0 Å². The molecule has 0 atom stereocenters. The molecule has 1 nitrogen and oxygen atoms in total. The van der Waals surface area contributed by atoms with Gasteiger partial charge in [-0.25, -0.2) is 0 Å². The van der Waals surface area contributed by atoms with Crippen LogP contribution in [0.4, 0.5) is 0 Å². The second-order valence-electron chi connectivity index (χ2n) is 7.18. The molecule has 0 spiro atoms. The number of benzene rings is 4. The molecule has 4 aromatic carbocycles. The lowest BCUT2D eigenvalue weighted by Crippen LogP contribution is -1.85. The topological polar surface area (TPSA) is 13.1 Å². The van der Waals surface area contributed by atoms with Crippen molar-refractivity contribution in [2.45, 2.75) is 6.92 Å². The molecule has 5 rings (SSSR count). The molecule has 5 aromatic rings. The van der Waals surface area contributed by atoms with Gasteiger partial charge in [0.25, 0.3) is 0 Å². The van der Waals surface area contributed by atoms with Crippen molar-refractivity contribution >= 4 is 11.0 Å². The molecule has 134 valence electrons. The van der Waals surface area contributed by atoms with Crippen LogP contribution >= 0.6 is 0 Å². The quantitative estimate of drug-likeness (QED) is 0.321. The van der Waals surface area contributed by atoms with Crippen molar-refractivity contribution in [1.29, 1.82) is 0 Å². The fraction of sp³-hybridized carbons (Fsp3) is 0.0370. The van der Waals surface area contributed by atoms with E-state index in [1.165, 1.54) is 27.8 Å². The molecule has 0 saturated carbocycles. The Labute approximate surface area is 164 Å². The van der Waals surface area contributed by atoms with Gasteiger partial charge in [-0.05, 0) is 59.5 Å². The minimum absolute atomic E-state index is 0.896. The number of hydrogen-bond donors (Lipinski definition) is 0. The largest absolute Gasteiger partial charge is 0.456 e. The van der Waals surface area contributed by atoms with Gasteiger partial charge in [-0.2, -0.15) is 0 Å². The molecule has 0 unspecified atom stereocenters. The van der Waals surface area contributed by atoms with E-state index in [1.54, 1.807) is 0 Å². The van der Waals surface area contributed by atoms with Crippen molar-refractivity contribution in [2.75, 3.05) is 0 Å². The summed E-state index contributed by atoms with van der Waals surface area (Å²) in [6.45, 7) is 2.12. The molecular weight excluding hydrogens is 340 g/mol. The summed E-state index contributed by atoms with van der Waals surface area (Å²) in [7, 11) is 0. The molecule has 0 aliphatic heterocycles. The first-order chi connectivity index (χ1) is 13.8. The van der Waals surface area contributed by atoms with Crippen molar-refractivity contribution < 1.29 is 4.42 Å². The van der Waals surface area contributed by atoms with Crippen LogP contribution < -0.4 is 0 Å². The fourth-order valence-electron chi connectivity index (χ4n) is 3.60. The molecule has 0 bridgehead atoms. The van der Waals surface area contributed by atoms with Crippen LogP contribution in [0.2, 0.25) is 0 Å². The molecule has 0 aliphatic rings. The summed E-state index contributed by atoms with van der Waals surface area (Å²) in [5, 5.41) is 1.12. The summed E-state index contributed by atoms with van der Waals surface area (Å²) in [6.07, 6.45) is 0. The summed E-state index contributed by atoms with van der Waals surface area (Å²) in [6, 6.07) is 36.1. The fourth-order valence-corrected chi connectivity index (χ4v) is 3.60. The zero-order chi connectivity index (χ0) is 18.9. The van der Waals surface area contributed by atoms with Gasteiger partial charge in [-0.3, -0.25) is 0 Å². The average Bonchev–Trinajstić information content (AvgIpc) is 3.19. The third-order valence-electron chi connectivity index (χ3n) is 5.14. The Morgan fingerprint density at radius 2 is 1.11 bits per heavy atom. The normalized spacial score (nSPS) is 11.0. The summed E-state index contributed by atoms with van der Waals surface area (Å²) >= 11 is 0. The van der Waals surface area contributed by atoms with Gasteiger partial charge in [0.15, 0.2) is 0 Å². The molecule has 28 heavy (non-hydrogen) atoms. The molecule has 0 saturated heterocycles. The summed E-state index contributed by atoms with van der Waals surface area (Å²) < 4.78 is 6.15. The monoisotopic (exact) mass is 360 g/mol. The van der Waals surface area contributed by atoms with Crippen LogP contribution in [0.25, 0.3) is 44.5 Å². The molecular formula is C27H20O. The molecule has 1 heteroatoms. The van der Waals surface area contributed by atoms with Crippen LogP contribution in [0.15, 0.2) is 108 Å². The highest BCUT2D eigenvalue weighted by atomic mass is 16.3. The van der Waals surface area contributed by atoms with Gasteiger partial charge in [-0.15, -0.1) is 0 Å². The minimum atomic E-state index is 0.896. The predicted molar refractivity (Wildman–Crippen MR) is 117 cm³/mol. The van der Waals surface area contributed by atoms with E-state index in [2.05, 4.69) is 85.8 Å². The highest BCUT2D eigenvalue weighted by molar-refractivity contribution is 5.86. The van der Waals surface area contributed by atoms with E-state index >= 15 is 0 Å². The van der Waals surface area contributed by atoms with Gasteiger partial charge in [-0.1, -0.05) is 78.4 Å². The van der Waals surface area contributed by atoms with Crippen molar-refractivity contribution in [3.8, 4) is 33.6 Å². The Bertz CT molecular complexity index is 1210. The van der Waals surface area contributed by atoms with Crippen LogP contribution in [0, 0.1) is 6.92 Å². The third kappa shape index (κ3) is 3.12. The van der Waals surface area contributed by atoms with Crippen LogP contribution in [0.5, 0.6) is 0 Å². The Morgan fingerprint density at radius 1 is 0.500 bits per heavy atom. The Morgan fingerprint density at radius 3 is 1.82 bits per heavy atom. The minimum Gasteiger partial charge on any atom is -0.456 e. The maximum atomic E-state index is 6.15. The van der Waals surface area contributed by atoms with Gasteiger partial charge < -0.3 is 4.42 Å². The smallest absolute Gasteiger partial charge is 0.135 e. The zero-order valence-electron chi connectivity index (χ0n) is 15.7. The predicted octanol–water partition coefficient (Wildman–Crippen LogP) is 7.74. The van der Waals surface area contributed by atoms with E-state index in [4.69, 9.17) is 4.42 Å². The summed E-state index contributed by atoms with van der Waals surface area (Å²) in [4.78, 5) is 0. The highest BCUT2D eigenvalue weighted by Gasteiger charge is 2.11. The summed E-state index contributed by atoms with van der Waals surface area (Å²) in [5.74, 6) is 0.896. The van der Waals surface area contributed by atoms with E-state index in [0.29, 0.717) is 0 Å². The van der Waals surface area contributed by atoms with Crippen LogP contribution in [-0.2, 0) is 0 Å². The molecule has 0 fully saturated rings. The molecule has 1 heterocycles. The van der Waals surface area contributed by atoms with Crippen molar-refractivity contribution in [1.82, 2.24) is 0 Å². The van der Waals surface area contributed by atoms with Crippen LogP contribution in [0.3, 0.4) is 0 Å². The second kappa shape index (κ2) is 6.86. The van der Waals surface area contributed by atoms with Gasteiger partial charge >= 0.3 is 0 Å². The maximum Gasteiger partial charge on any atom is 0.135 e. The van der Waals surface area contributed by atoms with Crippen molar-refractivity contribution in [3.63, 3.8) is 0 Å². The molecule has 0 aliphatic carbocycles. The number of hydrogen-bond acceptors (Lipinski definition) is 1. The van der Waals surface area contributed by atoms with E-state index in [-0.39, 0.29) is 0 Å². The first-order valence-electron chi connectivity index (χ1n) is 9.53. The standard InChI is InChI=1S/C27H20O/c1-19-11-13-21(14-12-19)24-15-23(20-7-3-2-4-8-20)16-25(17-24)27-18-22-9-5-6-10-26(22)28-27/h2-18H,1H3. The number of aryl methyl sites for hydroxylation is 1. The van der Waals surface area contributed by atoms with E-state index < -0.39 is 0 Å². The number of para-hydroxylation sites is 1. The SMILES string of the molecule is Cc1ccc(-c2cc(-c3ccccc3)cc(-c3cc4ccccc4o3)c2)cc1. The lowest BCUT2D eigenvalue weighted by Gasteiger charge is -2.10. The van der Waals surface area contributed by atoms with E-state index in [9.17, 15) is 0 Å². The van der Waals surface area contributed by atoms with Gasteiger partial charge in [0.2, 0.25) is 0 Å². The van der Waals surface area contributed by atoms with E-state index in [1.807, 2.05) is 24.3 Å². The van der Waals surface area contributed by atoms with Gasteiger partial charge in [0.1, 0.15) is 11.3 Å².